The van der Waals surface area contributed by atoms with E-state index < -0.39 is 18.2 Å². The third-order valence-corrected chi connectivity index (χ3v) is 2.65. The summed E-state index contributed by atoms with van der Waals surface area (Å²) in [5.41, 5.74) is 0. The fourth-order valence-electron chi connectivity index (χ4n) is 1.19. The summed E-state index contributed by atoms with van der Waals surface area (Å²) in [6.45, 7) is 3.99. The summed E-state index contributed by atoms with van der Waals surface area (Å²) in [5, 5.41) is 21.0. The van der Waals surface area contributed by atoms with Crippen LogP contribution in [-0.2, 0) is 9.53 Å². The highest BCUT2D eigenvalue weighted by Crippen LogP contribution is 2.05. The Labute approximate surface area is 101 Å². The summed E-state index contributed by atoms with van der Waals surface area (Å²) in [6.07, 6.45) is 0.704. The third kappa shape index (κ3) is 7.05. The van der Waals surface area contributed by atoms with Crippen LogP contribution in [0.25, 0.3) is 0 Å². The summed E-state index contributed by atoms with van der Waals surface area (Å²) < 4.78 is 4.87. The van der Waals surface area contributed by atoms with E-state index in [1.165, 1.54) is 11.8 Å². The maximum absolute atomic E-state index is 11.5. The van der Waals surface area contributed by atoms with Crippen molar-refractivity contribution in [2.75, 3.05) is 18.3 Å². The van der Waals surface area contributed by atoms with Crippen LogP contribution in [0.15, 0.2) is 0 Å². The highest BCUT2D eigenvalue weighted by atomic mass is 32.2. The van der Waals surface area contributed by atoms with Crippen molar-refractivity contribution in [2.24, 2.45) is 0 Å². The first-order valence-electron chi connectivity index (χ1n) is 5.45. The standard InChI is InChI=1S/C10H21NO4S/c1-3-5-9(13)11-8(6-16-7-12)10(14)15-4-2/h8-9,11-13H,3-7H2,1-2H3. The normalized spacial score (nSPS) is 14.5. The first kappa shape index (κ1) is 15.7. The van der Waals surface area contributed by atoms with Crippen LogP contribution in [0.5, 0.6) is 0 Å². The Balaban J connectivity index is 4.12. The topological polar surface area (TPSA) is 78.8 Å². The second-order valence-electron chi connectivity index (χ2n) is 3.28. The highest BCUT2D eigenvalue weighted by Gasteiger charge is 2.21. The highest BCUT2D eigenvalue weighted by molar-refractivity contribution is 7.99. The van der Waals surface area contributed by atoms with Crippen molar-refractivity contribution in [3.63, 3.8) is 0 Å². The van der Waals surface area contributed by atoms with Gasteiger partial charge in [0, 0.05) is 5.75 Å². The van der Waals surface area contributed by atoms with Gasteiger partial charge in [-0.1, -0.05) is 13.3 Å². The molecule has 6 heteroatoms. The van der Waals surface area contributed by atoms with Gasteiger partial charge in [-0.3, -0.25) is 10.1 Å². The average Bonchev–Trinajstić information content (AvgIpc) is 2.24. The lowest BCUT2D eigenvalue weighted by atomic mass is 10.2. The molecule has 0 amide bonds. The van der Waals surface area contributed by atoms with E-state index in [1.807, 2.05) is 6.92 Å². The van der Waals surface area contributed by atoms with E-state index in [0.29, 0.717) is 18.8 Å². The summed E-state index contributed by atoms with van der Waals surface area (Å²) in [4.78, 5) is 11.5. The molecule has 0 spiro atoms. The second kappa shape index (κ2) is 9.89. The fraction of sp³-hybridized carbons (Fsp3) is 0.900. The van der Waals surface area contributed by atoms with Gasteiger partial charge in [-0.15, -0.1) is 11.8 Å². The largest absolute Gasteiger partial charge is 0.465 e. The Morgan fingerprint density at radius 3 is 2.69 bits per heavy atom. The van der Waals surface area contributed by atoms with E-state index >= 15 is 0 Å². The van der Waals surface area contributed by atoms with Gasteiger partial charge in [-0.25, -0.2) is 0 Å². The van der Waals surface area contributed by atoms with E-state index in [4.69, 9.17) is 9.84 Å². The van der Waals surface area contributed by atoms with E-state index in [-0.39, 0.29) is 5.94 Å². The van der Waals surface area contributed by atoms with Gasteiger partial charge < -0.3 is 14.9 Å². The lowest BCUT2D eigenvalue weighted by Crippen LogP contribution is -2.45. The van der Waals surface area contributed by atoms with Crippen LogP contribution in [0.3, 0.4) is 0 Å². The molecule has 96 valence electrons. The summed E-state index contributed by atoms with van der Waals surface area (Å²) in [6, 6.07) is -0.571. The minimum absolute atomic E-state index is 0.0541. The van der Waals surface area contributed by atoms with Crippen molar-refractivity contribution in [1.82, 2.24) is 5.32 Å². The first-order chi connectivity index (χ1) is 7.65. The zero-order valence-electron chi connectivity index (χ0n) is 9.81. The molecule has 2 atom stereocenters. The molecule has 0 heterocycles. The van der Waals surface area contributed by atoms with Crippen LogP contribution in [-0.4, -0.2) is 46.8 Å². The molecule has 0 aliphatic heterocycles. The fourth-order valence-corrected chi connectivity index (χ4v) is 1.76. The van der Waals surface area contributed by atoms with Crippen molar-refractivity contribution >= 4 is 17.7 Å². The number of thioether (sulfide) groups is 1. The molecule has 0 bridgehead atoms. The number of ether oxygens (including phenoxy) is 1. The van der Waals surface area contributed by atoms with Crippen molar-refractivity contribution in [3.05, 3.63) is 0 Å². The van der Waals surface area contributed by atoms with Crippen LogP contribution >= 0.6 is 11.8 Å². The molecule has 2 unspecified atom stereocenters. The van der Waals surface area contributed by atoms with Gasteiger partial charge in [0.1, 0.15) is 12.3 Å². The SMILES string of the molecule is CCCC(O)NC(CSCO)C(=O)OCC. The van der Waals surface area contributed by atoms with Gasteiger partial charge in [0.2, 0.25) is 0 Å². The van der Waals surface area contributed by atoms with Crippen LogP contribution in [0.2, 0.25) is 0 Å². The molecule has 0 saturated carbocycles. The van der Waals surface area contributed by atoms with E-state index in [1.54, 1.807) is 6.92 Å². The summed E-state index contributed by atoms with van der Waals surface area (Å²) >= 11 is 1.21. The van der Waals surface area contributed by atoms with Gasteiger partial charge in [-0.2, -0.15) is 0 Å². The van der Waals surface area contributed by atoms with E-state index in [9.17, 15) is 9.90 Å². The molecule has 3 N–H and O–H groups in total. The minimum Gasteiger partial charge on any atom is -0.465 e. The van der Waals surface area contributed by atoms with Crippen molar-refractivity contribution in [3.8, 4) is 0 Å². The lowest BCUT2D eigenvalue weighted by molar-refractivity contribution is -0.146. The van der Waals surface area contributed by atoms with Gasteiger partial charge in [0.25, 0.3) is 0 Å². The maximum Gasteiger partial charge on any atom is 0.324 e. The minimum atomic E-state index is -0.710. The maximum atomic E-state index is 11.5. The molecular formula is C10H21NO4S. The number of aliphatic hydroxyl groups is 2. The zero-order valence-corrected chi connectivity index (χ0v) is 10.6. The third-order valence-electron chi connectivity index (χ3n) is 1.90. The van der Waals surface area contributed by atoms with Crippen molar-refractivity contribution in [1.29, 1.82) is 0 Å². The number of carbonyl (C=O) groups is 1. The Hall–Kier alpha value is -0.300. The van der Waals surface area contributed by atoms with Gasteiger partial charge >= 0.3 is 5.97 Å². The molecule has 0 saturated heterocycles. The second-order valence-corrected chi connectivity index (χ2v) is 4.28. The quantitative estimate of drug-likeness (QED) is 0.404. The zero-order chi connectivity index (χ0) is 12.4. The molecule has 0 fully saturated rings. The number of esters is 1. The molecule has 0 aromatic heterocycles. The van der Waals surface area contributed by atoms with Crippen LogP contribution in [0, 0.1) is 0 Å². The molecule has 0 aromatic rings. The molecule has 0 aliphatic rings. The monoisotopic (exact) mass is 251 g/mol. The Morgan fingerprint density at radius 2 is 2.19 bits per heavy atom. The smallest absolute Gasteiger partial charge is 0.324 e. The van der Waals surface area contributed by atoms with Crippen LogP contribution in [0.1, 0.15) is 26.7 Å². The van der Waals surface area contributed by atoms with Crippen molar-refractivity contribution in [2.45, 2.75) is 39.0 Å². The molecule has 16 heavy (non-hydrogen) atoms. The first-order valence-corrected chi connectivity index (χ1v) is 6.60. The molecule has 0 radical (unpaired) electrons. The Kier molecular flexibility index (Phi) is 9.71. The number of rotatable bonds is 9. The number of nitrogens with one attached hydrogen (secondary N) is 1. The summed E-state index contributed by atoms with van der Waals surface area (Å²) in [7, 11) is 0. The number of aliphatic hydroxyl groups excluding tert-OH is 2. The predicted octanol–water partition coefficient (Wildman–Crippen LogP) is 0.309. The number of hydrogen-bond acceptors (Lipinski definition) is 6. The molecule has 0 rings (SSSR count). The average molecular weight is 251 g/mol. The van der Waals surface area contributed by atoms with Gasteiger partial charge in [-0.05, 0) is 13.3 Å². The van der Waals surface area contributed by atoms with Gasteiger partial charge in [0.15, 0.2) is 0 Å². The Morgan fingerprint density at radius 1 is 1.50 bits per heavy atom. The lowest BCUT2D eigenvalue weighted by Gasteiger charge is -2.20. The molecule has 5 nitrogen and oxygen atoms in total. The van der Waals surface area contributed by atoms with E-state index in [2.05, 4.69) is 5.32 Å². The van der Waals surface area contributed by atoms with Gasteiger partial charge in [0.05, 0.1) is 12.5 Å². The number of carbonyl (C=O) groups excluding carboxylic acids is 1. The molecular weight excluding hydrogens is 230 g/mol. The molecule has 0 aromatic carbocycles. The van der Waals surface area contributed by atoms with Crippen LogP contribution < -0.4 is 5.32 Å². The predicted molar refractivity (Wildman–Crippen MR) is 64.0 cm³/mol. The van der Waals surface area contributed by atoms with E-state index in [0.717, 1.165) is 6.42 Å². The summed E-state index contributed by atoms with van der Waals surface area (Å²) in [5.74, 6) is -0.0593. The molecule has 0 aliphatic carbocycles. The van der Waals surface area contributed by atoms with Crippen molar-refractivity contribution < 1.29 is 19.7 Å². The van der Waals surface area contributed by atoms with Crippen LogP contribution in [0.4, 0.5) is 0 Å². The number of hydrogen-bond donors (Lipinski definition) is 3. The Bertz CT molecular complexity index is 192.